The van der Waals surface area contributed by atoms with E-state index in [0.717, 1.165) is 38.5 Å². The average molecular weight is 759 g/mol. The third-order valence-corrected chi connectivity index (χ3v) is 11.0. The Bertz CT molecular complexity index is 865. The summed E-state index contributed by atoms with van der Waals surface area (Å²) in [5.41, 5.74) is 0. The topological polar surface area (TPSA) is 108 Å². The first kappa shape index (κ1) is 51.2. The van der Waals surface area contributed by atoms with Crippen LogP contribution in [-0.4, -0.2) is 68.5 Å². The van der Waals surface area contributed by atoms with E-state index >= 15 is 0 Å². The van der Waals surface area contributed by atoms with Crippen LogP contribution in [-0.2, 0) is 18.4 Å². The molecule has 0 aromatic rings. The number of hydrogen-bond acceptors (Lipinski definition) is 6. The second-order valence-corrected chi connectivity index (χ2v) is 17.8. The van der Waals surface area contributed by atoms with Gasteiger partial charge in [-0.25, -0.2) is 0 Å². The molecule has 310 valence electrons. The highest BCUT2D eigenvalue weighted by Gasteiger charge is 2.23. The van der Waals surface area contributed by atoms with Crippen molar-refractivity contribution in [2.75, 3.05) is 40.9 Å². The number of aliphatic hydroxyl groups is 1. The zero-order chi connectivity index (χ0) is 38.6. The normalized spacial score (nSPS) is 14.5. The van der Waals surface area contributed by atoms with Crippen LogP contribution in [0.1, 0.15) is 206 Å². The predicted octanol–water partition coefficient (Wildman–Crippen LogP) is 11.3. The number of hydrogen-bond donors (Lipinski definition) is 2. The number of nitrogens with zero attached hydrogens (tertiary/aromatic N) is 1. The van der Waals surface area contributed by atoms with Gasteiger partial charge in [-0.3, -0.25) is 9.36 Å². The van der Waals surface area contributed by atoms with Crippen LogP contribution < -0.4 is 10.2 Å². The minimum atomic E-state index is -4.57. The maximum Gasteiger partial charge on any atom is 0.268 e. The third-order valence-electron chi connectivity index (χ3n) is 10.00. The molecule has 2 N–H and O–H groups in total. The highest BCUT2D eigenvalue weighted by atomic mass is 31.2. The van der Waals surface area contributed by atoms with E-state index in [2.05, 4.69) is 19.2 Å². The Kier molecular flexibility index (Phi) is 35.4. The molecule has 0 aromatic carbocycles. The highest BCUT2D eigenvalue weighted by molar-refractivity contribution is 7.45. The quantitative estimate of drug-likeness (QED) is 0.0279. The van der Waals surface area contributed by atoms with Crippen LogP contribution in [0.4, 0.5) is 0 Å². The number of allylic oxidation sites excluding steroid dienone is 1. The van der Waals surface area contributed by atoms with Crippen molar-refractivity contribution in [1.29, 1.82) is 0 Å². The van der Waals surface area contributed by atoms with Crippen molar-refractivity contribution in [2.45, 2.75) is 219 Å². The second kappa shape index (κ2) is 35.9. The fourth-order valence-corrected chi connectivity index (χ4v) is 7.17. The summed E-state index contributed by atoms with van der Waals surface area (Å²) < 4.78 is 23.1. The molecule has 0 aliphatic carbocycles. The fourth-order valence-electron chi connectivity index (χ4n) is 6.45. The van der Waals surface area contributed by atoms with Gasteiger partial charge in [-0.2, -0.15) is 0 Å². The lowest BCUT2D eigenvalue weighted by Crippen LogP contribution is -2.45. The number of phosphoric ester groups is 1. The fraction of sp³-hybridized carbons (Fsp3) is 0.930. The van der Waals surface area contributed by atoms with Gasteiger partial charge in [0.2, 0.25) is 5.91 Å². The van der Waals surface area contributed by atoms with Crippen LogP contribution in [0, 0.1) is 0 Å². The molecule has 8 nitrogen and oxygen atoms in total. The van der Waals surface area contributed by atoms with Crippen molar-refractivity contribution in [3.8, 4) is 0 Å². The summed E-state index contributed by atoms with van der Waals surface area (Å²) in [6.07, 6.45) is 40.1. The van der Waals surface area contributed by atoms with Crippen molar-refractivity contribution >= 4 is 13.7 Å². The van der Waals surface area contributed by atoms with Crippen LogP contribution in [0.15, 0.2) is 12.2 Å². The lowest BCUT2D eigenvalue weighted by Gasteiger charge is -2.29. The summed E-state index contributed by atoms with van der Waals surface area (Å²) in [5.74, 6) is -0.206. The molecule has 0 heterocycles. The highest BCUT2D eigenvalue weighted by Crippen LogP contribution is 2.38. The zero-order valence-electron chi connectivity index (χ0n) is 35.0. The number of quaternary nitrogens is 1. The van der Waals surface area contributed by atoms with E-state index in [-0.39, 0.29) is 19.1 Å². The van der Waals surface area contributed by atoms with Crippen LogP contribution >= 0.6 is 7.82 Å². The maximum absolute atomic E-state index is 12.7. The Hall–Kier alpha value is -0.760. The molecule has 0 radical (unpaired) electrons. The Morgan fingerprint density at radius 2 is 1.04 bits per heavy atom. The van der Waals surface area contributed by atoms with Gasteiger partial charge in [0, 0.05) is 6.42 Å². The second-order valence-electron chi connectivity index (χ2n) is 16.4. The van der Waals surface area contributed by atoms with Gasteiger partial charge in [0.15, 0.2) is 0 Å². The van der Waals surface area contributed by atoms with Gasteiger partial charge in [0.05, 0.1) is 39.9 Å². The van der Waals surface area contributed by atoms with Gasteiger partial charge in [-0.05, 0) is 19.3 Å². The molecule has 0 saturated carbocycles. The number of phosphoric acid groups is 1. The summed E-state index contributed by atoms with van der Waals surface area (Å²) in [6, 6.07) is -0.877. The van der Waals surface area contributed by atoms with E-state index in [4.69, 9.17) is 9.05 Å². The first-order valence-electron chi connectivity index (χ1n) is 22.1. The van der Waals surface area contributed by atoms with Crippen molar-refractivity contribution in [1.82, 2.24) is 5.32 Å². The molecular weight excluding hydrogens is 671 g/mol. The number of carbonyl (C=O) groups excluding carboxylic acids is 1. The van der Waals surface area contributed by atoms with E-state index in [1.165, 1.54) is 148 Å². The van der Waals surface area contributed by atoms with Crippen molar-refractivity contribution in [3.63, 3.8) is 0 Å². The van der Waals surface area contributed by atoms with E-state index < -0.39 is 20.0 Å². The molecule has 1 amide bonds. The summed E-state index contributed by atoms with van der Waals surface area (Å²) in [7, 11) is 1.27. The summed E-state index contributed by atoms with van der Waals surface area (Å²) in [6.45, 7) is 4.59. The number of aliphatic hydroxyl groups excluding tert-OH is 1. The minimum Gasteiger partial charge on any atom is -0.756 e. The first-order valence-corrected chi connectivity index (χ1v) is 23.5. The molecule has 0 fully saturated rings. The molecule has 3 atom stereocenters. The van der Waals surface area contributed by atoms with Crippen LogP contribution in [0.3, 0.4) is 0 Å². The number of rotatable bonds is 40. The standard InChI is InChI=1S/C43H87N2O6P/c1-6-8-10-12-14-15-16-17-18-19-20-21-22-23-24-25-26-27-28-29-30-31-32-34-36-42(46)41(44-43(47)37-35-33-13-11-9-7-2)40-51-52(48,49)50-39-38-45(3,4)5/h34,36,41-42,46H,6-33,35,37-40H2,1-5H3,(H-,44,47,48,49)/b36-34+. The Balaban J connectivity index is 4.12. The van der Waals surface area contributed by atoms with Crippen molar-refractivity contribution in [3.05, 3.63) is 12.2 Å². The molecule has 0 saturated heterocycles. The SMILES string of the molecule is CCCCCCCCCCCCCCCCCCCCCCCC/C=C/C(O)C(COP(=O)([O-])OCC[N+](C)(C)C)NC(=O)CCCCCCCC. The molecule has 0 aliphatic heterocycles. The monoisotopic (exact) mass is 759 g/mol. The van der Waals surface area contributed by atoms with Gasteiger partial charge in [0.1, 0.15) is 13.2 Å². The van der Waals surface area contributed by atoms with Crippen LogP contribution in [0.25, 0.3) is 0 Å². The molecule has 52 heavy (non-hydrogen) atoms. The minimum absolute atomic E-state index is 0.00132. The Morgan fingerprint density at radius 3 is 1.44 bits per heavy atom. The maximum atomic E-state index is 12.7. The van der Waals surface area contributed by atoms with E-state index in [0.29, 0.717) is 17.4 Å². The molecule has 0 aliphatic rings. The molecule has 9 heteroatoms. The van der Waals surface area contributed by atoms with Gasteiger partial charge < -0.3 is 28.8 Å². The molecule has 0 bridgehead atoms. The number of unbranched alkanes of at least 4 members (excludes halogenated alkanes) is 27. The summed E-state index contributed by atoms with van der Waals surface area (Å²) in [5, 5.41) is 13.7. The first-order chi connectivity index (χ1) is 25.0. The molecule has 0 rings (SSSR count). The molecule has 0 aromatic heterocycles. The molecule has 3 unspecified atom stereocenters. The van der Waals surface area contributed by atoms with Crippen molar-refractivity contribution < 1.29 is 32.9 Å². The smallest absolute Gasteiger partial charge is 0.268 e. The van der Waals surface area contributed by atoms with E-state index in [9.17, 15) is 19.4 Å². The largest absolute Gasteiger partial charge is 0.756 e. The summed E-state index contributed by atoms with van der Waals surface area (Å²) in [4.78, 5) is 25.0. The zero-order valence-corrected chi connectivity index (χ0v) is 35.9. The van der Waals surface area contributed by atoms with Gasteiger partial charge in [0.25, 0.3) is 7.82 Å². The lowest BCUT2D eigenvalue weighted by atomic mass is 10.0. The van der Waals surface area contributed by atoms with Gasteiger partial charge in [-0.15, -0.1) is 0 Å². The number of nitrogens with one attached hydrogen (secondary N) is 1. The van der Waals surface area contributed by atoms with Crippen LogP contribution in [0.5, 0.6) is 0 Å². The van der Waals surface area contributed by atoms with Gasteiger partial charge >= 0.3 is 0 Å². The average Bonchev–Trinajstić information content (AvgIpc) is 3.09. The van der Waals surface area contributed by atoms with Crippen LogP contribution in [0.2, 0.25) is 0 Å². The Morgan fingerprint density at radius 1 is 0.654 bits per heavy atom. The predicted molar refractivity (Wildman–Crippen MR) is 219 cm³/mol. The van der Waals surface area contributed by atoms with Crippen molar-refractivity contribution in [2.24, 2.45) is 0 Å². The number of likely N-dealkylation sites (N-methyl/N-ethyl adjacent to an activating group) is 1. The molecule has 0 spiro atoms. The van der Waals surface area contributed by atoms with E-state index in [1.807, 2.05) is 27.2 Å². The lowest BCUT2D eigenvalue weighted by molar-refractivity contribution is -0.870. The van der Waals surface area contributed by atoms with E-state index in [1.54, 1.807) is 6.08 Å². The Labute approximate surface area is 322 Å². The summed E-state index contributed by atoms with van der Waals surface area (Å²) >= 11 is 0. The molecular formula is C43H87N2O6P. The number of carbonyl (C=O) groups is 1. The number of amides is 1. The third kappa shape index (κ3) is 37.6. The van der Waals surface area contributed by atoms with Gasteiger partial charge in [-0.1, -0.05) is 193 Å².